The zero-order valence-corrected chi connectivity index (χ0v) is 21.8. The van der Waals surface area contributed by atoms with E-state index in [1.165, 1.54) is 89.9 Å². The molecule has 0 aliphatic rings. The first-order valence-corrected chi connectivity index (χ1v) is 19.8. The molecule has 0 saturated heterocycles. The van der Waals surface area contributed by atoms with Crippen LogP contribution in [0.3, 0.4) is 0 Å². The number of unbranched alkanes of at least 4 members (excludes halogenated alkanes) is 11. The molecule has 0 atom stereocenters. The van der Waals surface area contributed by atoms with Gasteiger partial charge in [-0.05, 0) is 0 Å². The van der Waals surface area contributed by atoms with Crippen molar-refractivity contribution in [2.75, 3.05) is 0 Å². The van der Waals surface area contributed by atoms with Gasteiger partial charge in [-0.25, -0.2) is 0 Å². The minimum atomic E-state index is -2.23. The maximum atomic E-state index is 2.51. The first-order chi connectivity index (χ1) is 13.3. The molecule has 0 N–H and O–H groups in total. The van der Waals surface area contributed by atoms with Crippen molar-refractivity contribution in [3.05, 3.63) is 30.3 Å². The van der Waals surface area contributed by atoms with Gasteiger partial charge in [0.15, 0.2) is 0 Å². The summed E-state index contributed by atoms with van der Waals surface area (Å²) in [7, 11) is 0. The molecular weight excluding hydrogens is 431 g/mol. The normalized spacial score (nSPS) is 11.8. The molecule has 0 aromatic heterocycles. The van der Waals surface area contributed by atoms with Gasteiger partial charge in [-0.1, -0.05) is 0 Å². The van der Waals surface area contributed by atoms with E-state index in [4.69, 9.17) is 0 Å². The molecule has 1 aromatic rings. The quantitative estimate of drug-likeness (QED) is 0.146. The van der Waals surface area contributed by atoms with Crippen molar-refractivity contribution in [3.63, 3.8) is 0 Å². The SMILES string of the molecule is CCCCCCC[CH2][Sn]([CH2]CCC)([CH2]CCCCCCC)[c]1ccccc1. The van der Waals surface area contributed by atoms with Crippen molar-refractivity contribution >= 4 is 22.0 Å². The topological polar surface area (TPSA) is 0 Å². The van der Waals surface area contributed by atoms with Crippen molar-refractivity contribution in [2.45, 2.75) is 124 Å². The van der Waals surface area contributed by atoms with Crippen LogP contribution in [0, 0.1) is 0 Å². The molecule has 0 fully saturated rings. The van der Waals surface area contributed by atoms with Gasteiger partial charge in [-0.15, -0.1) is 0 Å². The van der Waals surface area contributed by atoms with E-state index in [9.17, 15) is 0 Å². The molecule has 0 spiro atoms. The molecule has 0 aliphatic carbocycles. The number of benzene rings is 1. The summed E-state index contributed by atoms with van der Waals surface area (Å²) in [6.07, 6.45) is 20.3. The summed E-state index contributed by atoms with van der Waals surface area (Å²) in [5, 5.41) is 0. The molecule has 27 heavy (non-hydrogen) atoms. The summed E-state index contributed by atoms with van der Waals surface area (Å²) in [6, 6.07) is 11.9. The standard InChI is InChI=1S/2C8H17.C6H5.C4H9.Sn/c2*1-3-5-7-8-6-4-2;1-2-4-6-5-3-1;1-3-4-2;/h2*1,3-8H2,2H3;1-5H;1,3-4H2,2H3;. The average Bonchev–Trinajstić information content (AvgIpc) is 2.71. The van der Waals surface area contributed by atoms with Gasteiger partial charge in [0.2, 0.25) is 0 Å². The fourth-order valence-corrected chi connectivity index (χ4v) is 20.0. The second kappa shape index (κ2) is 16.9. The Morgan fingerprint density at radius 1 is 0.481 bits per heavy atom. The van der Waals surface area contributed by atoms with Crippen LogP contribution < -0.4 is 3.58 Å². The van der Waals surface area contributed by atoms with Crippen LogP contribution in [-0.4, -0.2) is 18.4 Å². The molecule has 1 rings (SSSR count). The van der Waals surface area contributed by atoms with E-state index in [1.54, 1.807) is 13.3 Å². The summed E-state index contributed by atoms with van der Waals surface area (Å²) in [4.78, 5) is 0. The molecule has 0 bridgehead atoms. The third kappa shape index (κ3) is 11.0. The summed E-state index contributed by atoms with van der Waals surface area (Å²) in [5.41, 5.74) is 0. The van der Waals surface area contributed by atoms with Crippen molar-refractivity contribution in [1.29, 1.82) is 0 Å². The summed E-state index contributed by atoms with van der Waals surface area (Å²) < 4.78 is 6.65. The van der Waals surface area contributed by atoms with Crippen molar-refractivity contribution in [2.24, 2.45) is 0 Å². The van der Waals surface area contributed by atoms with Crippen LogP contribution in [0.4, 0.5) is 0 Å². The van der Waals surface area contributed by atoms with Crippen LogP contribution in [0.2, 0.25) is 13.3 Å². The van der Waals surface area contributed by atoms with Gasteiger partial charge in [0, 0.05) is 0 Å². The molecule has 0 aliphatic heterocycles. The van der Waals surface area contributed by atoms with E-state index in [1.807, 2.05) is 3.58 Å². The second-order valence-corrected chi connectivity index (χ2v) is 22.0. The summed E-state index contributed by atoms with van der Waals surface area (Å²) in [6.45, 7) is 7.03. The van der Waals surface area contributed by atoms with Crippen LogP contribution in [-0.2, 0) is 0 Å². The predicted molar refractivity (Wildman–Crippen MR) is 128 cm³/mol. The molecule has 1 heteroatoms. The minimum absolute atomic E-state index is 1.36. The van der Waals surface area contributed by atoms with Crippen LogP contribution in [0.5, 0.6) is 0 Å². The van der Waals surface area contributed by atoms with Gasteiger partial charge in [0.05, 0.1) is 0 Å². The van der Waals surface area contributed by atoms with Crippen LogP contribution in [0.15, 0.2) is 30.3 Å². The Labute approximate surface area is 175 Å². The average molecular weight is 479 g/mol. The van der Waals surface area contributed by atoms with Crippen LogP contribution >= 0.6 is 0 Å². The fraction of sp³-hybridized carbons (Fsp3) is 0.769. The molecule has 156 valence electrons. The molecule has 0 amide bonds. The van der Waals surface area contributed by atoms with Gasteiger partial charge < -0.3 is 0 Å². The Kier molecular flexibility index (Phi) is 15.7. The third-order valence-corrected chi connectivity index (χ3v) is 22.1. The van der Waals surface area contributed by atoms with E-state index < -0.39 is 18.4 Å². The maximum absolute atomic E-state index is 2.51. The third-order valence-electron chi connectivity index (χ3n) is 6.41. The van der Waals surface area contributed by atoms with Gasteiger partial charge in [-0.3, -0.25) is 0 Å². The molecule has 0 nitrogen and oxygen atoms in total. The number of hydrogen-bond donors (Lipinski definition) is 0. The zero-order valence-electron chi connectivity index (χ0n) is 18.9. The number of hydrogen-bond acceptors (Lipinski definition) is 0. The van der Waals surface area contributed by atoms with E-state index in [2.05, 4.69) is 51.1 Å². The van der Waals surface area contributed by atoms with Crippen molar-refractivity contribution in [1.82, 2.24) is 0 Å². The van der Waals surface area contributed by atoms with E-state index in [0.717, 1.165) is 0 Å². The van der Waals surface area contributed by atoms with E-state index in [-0.39, 0.29) is 0 Å². The molecular formula is C26H48Sn. The monoisotopic (exact) mass is 480 g/mol. The van der Waals surface area contributed by atoms with Crippen LogP contribution in [0.25, 0.3) is 0 Å². The molecule has 0 unspecified atom stereocenters. The summed E-state index contributed by atoms with van der Waals surface area (Å²) in [5.74, 6) is 0. The predicted octanol–water partition coefficient (Wildman–Crippen LogP) is 8.86. The van der Waals surface area contributed by atoms with Crippen molar-refractivity contribution in [3.8, 4) is 0 Å². The van der Waals surface area contributed by atoms with Gasteiger partial charge in [0.25, 0.3) is 0 Å². The van der Waals surface area contributed by atoms with Crippen molar-refractivity contribution < 1.29 is 0 Å². The van der Waals surface area contributed by atoms with Gasteiger partial charge in [-0.2, -0.15) is 0 Å². The fourth-order valence-electron chi connectivity index (χ4n) is 4.60. The Morgan fingerprint density at radius 2 is 0.889 bits per heavy atom. The van der Waals surface area contributed by atoms with Gasteiger partial charge in [0.1, 0.15) is 0 Å². The van der Waals surface area contributed by atoms with Crippen LogP contribution in [0.1, 0.15) is 111 Å². The Morgan fingerprint density at radius 3 is 1.37 bits per heavy atom. The van der Waals surface area contributed by atoms with E-state index in [0.29, 0.717) is 0 Å². The molecule has 0 radical (unpaired) electrons. The first kappa shape index (κ1) is 25.1. The first-order valence-electron chi connectivity index (χ1n) is 12.3. The second-order valence-electron chi connectivity index (χ2n) is 8.79. The Bertz CT molecular complexity index is 409. The zero-order chi connectivity index (χ0) is 19.6. The molecule has 0 saturated carbocycles. The van der Waals surface area contributed by atoms with Gasteiger partial charge >= 0.3 is 176 Å². The number of rotatable bonds is 18. The Balaban J connectivity index is 2.67. The van der Waals surface area contributed by atoms with E-state index >= 15 is 0 Å². The Hall–Kier alpha value is 0.0187. The molecule has 0 heterocycles. The summed E-state index contributed by atoms with van der Waals surface area (Å²) >= 11 is -2.23. The molecule has 1 aromatic carbocycles.